The summed E-state index contributed by atoms with van der Waals surface area (Å²) in [5.74, 6) is 0.975. The van der Waals surface area contributed by atoms with Crippen LogP contribution < -0.4 is 5.73 Å². The molecule has 3 nitrogen and oxygen atoms in total. The Morgan fingerprint density at radius 3 is 3.00 bits per heavy atom. The zero-order chi connectivity index (χ0) is 9.26. The molecule has 1 aliphatic carbocycles. The summed E-state index contributed by atoms with van der Waals surface area (Å²) in [5, 5.41) is 4.27. The standard InChI is InChI=1S/C10H17N3/c1-8(11)10-6-12-13(7-10)5-4-9-2-3-9/h6-9H,2-5,11H2,1H3. The van der Waals surface area contributed by atoms with Gasteiger partial charge < -0.3 is 5.73 Å². The Hall–Kier alpha value is -0.830. The molecule has 1 unspecified atom stereocenters. The zero-order valence-corrected chi connectivity index (χ0v) is 8.11. The first-order valence-electron chi connectivity index (χ1n) is 5.03. The SMILES string of the molecule is CC(N)c1cnn(CCC2CC2)c1. The maximum absolute atomic E-state index is 5.74. The van der Waals surface area contributed by atoms with Gasteiger partial charge in [0.2, 0.25) is 0 Å². The summed E-state index contributed by atoms with van der Waals surface area (Å²) in [6, 6.07) is 0.106. The van der Waals surface area contributed by atoms with Gasteiger partial charge in [0.15, 0.2) is 0 Å². The van der Waals surface area contributed by atoms with Gasteiger partial charge in [0.05, 0.1) is 6.20 Å². The Kier molecular flexibility index (Phi) is 2.36. The number of hydrogen-bond donors (Lipinski definition) is 1. The minimum Gasteiger partial charge on any atom is -0.324 e. The molecule has 1 aromatic heterocycles. The van der Waals surface area contributed by atoms with Crippen LogP contribution in [0.1, 0.15) is 37.8 Å². The molecular formula is C10H17N3. The van der Waals surface area contributed by atoms with Crippen LogP contribution >= 0.6 is 0 Å². The van der Waals surface area contributed by atoms with Crippen LogP contribution in [-0.2, 0) is 6.54 Å². The fourth-order valence-corrected chi connectivity index (χ4v) is 1.46. The third-order valence-corrected chi connectivity index (χ3v) is 2.64. The van der Waals surface area contributed by atoms with Gasteiger partial charge in [0.1, 0.15) is 0 Å². The summed E-state index contributed by atoms with van der Waals surface area (Å²) < 4.78 is 2.01. The molecule has 0 saturated heterocycles. The Labute approximate surface area is 78.9 Å². The van der Waals surface area contributed by atoms with Crippen LogP contribution in [0.2, 0.25) is 0 Å². The third-order valence-electron chi connectivity index (χ3n) is 2.64. The minimum atomic E-state index is 0.106. The topological polar surface area (TPSA) is 43.8 Å². The molecule has 72 valence electrons. The second kappa shape index (κ2) is 3.50. The number of rotatable bonds is 4. The molecule has 2 N–H and O–H groups in total. The van der Waals surface area contributed by atoms with E-state index in [4.69, 9.17) is 5.73 Å². The van der Waals surface area contributed by atoms with Gasteiger partial charge in [-0.2, -0.15) is 5.10 Å². The van der Waals surface area contributed by atoms with Crippen molar-refractivity contribution in [3.05, 3.63) is 18.0 Å². The van der Waals surface area contributed by atoms with Crippen LogP contribution in [-0.4, -0.2) is 9.78 Å². The fourth-order valence-electron chi connectivity index (χ4n) is 1.46. The van der Waals surface area contributed by atoms with E-state index in [-0.39, 0.29) is 6.04 Å². The van der Waals surface area contributed by atoms with Crippen LogP contribution in [0.25, 0.3) is 0 Å². The summed E-state index contributed by atoms with van der Waals surface area (Å²) in [4.78, 5) is 0. The minimum absolute atomic E-state index is 0.106. The van der Waals surface area contributed by atoms with Crippen LogP contribution in [0, 0.1) is 5.92 Å². The molecule has 2 rings (SSSR count). The number of aryl methyl sites for hydroxylation is 1. The van der Waals surface area contributed by atoms with E-state index in [9.17, 15) is 0 Å². The molecule has 0 aliphatic heterocycles. The van der Waals surface area contributed by atoms with E-state index in [1.54, 1.807) is 0 Å². The lowest BCUT2D eigenvalue weighted by atomic mass is 10.2. The summed E-state index contributed by atoms with van der Waals surface area (Å²) in [7, 11) is 0. The van der Waals surface area contributed by atoms with Gasteiger partial charge in [-0.1, -0.05) is 12.8 Å². The fraction of sp³-hybridized carbons (Fsp3) is 0.700. The van der Waals surface area contributed by atoms with Crippen molar-refractivity contribution in [1.29, 1.82) is 0 Å². The highest BCUT2D eigenvalue weighted by Gasteiger charge is 2.20. The molecule has 0 spiro atoms. The predicted molar refractivity (Wildman–Crippen MR) is 52.2 cm³/mol. The van der Waals surface area contributed by atoms with Gasteiger partial charge >= 0.3 is 0 Å². The van der Waals surface area contributed by atoms with E-state index < -0.39 is 0 Å². The van der Waals surface area contributed by atoms with Gasteiger partial charge in [0.25, 0.3) is 0 Å². The van der Waals surface area contributed by atoms with Crippen LogP contribution in [0.3, 0.4) is 0 Å². The van der Waals surface area contributed by atoms with Crippen LogP contribution in [0.4, 0.5) is 0 Å². The highest BCUT2D eigenvalue weighted by atomic mass is 15.3. The number of nitrogens with zero attached hydrogens (tertiary/aromatic N) is 2. The normalized spacial score (nSPS) is 18.9. The first-order chi connectivity index (χ1) is 6.25. The lowest BCUT2D eigenvalue weighted by Gasteiger charge is -2.00. The summed E-state index contributed by atoms with van der Waals surface area (Å²) in [6.45, 7) is 3.04. The van der Waals surface area contributed by atoms with Crippen LogP contribution in [0.15, 0.2) is 12.4 Å². The van der Waals surface area contributed by atoms with Gasteiger partial charge in [-0.15, -0.1) is 0 Å². The molecule has 1 aromatic rings. The average Bonchev–Trinajstić information content (AvgIpc) is 2.79. The Balaban J connectivity index is 1.88. The molecule has 0 aromatic carbocycles. The number of nitrogens with two attached hydrogens (primary N) is 1. The molecule has 0 bridgehead atoms. The first kappa shape index (κ1) is 8.75. The first-order valence-corrected chi connectivity index (χ1v) is 5.03. The summed E-state index contributed by atoms with van der Waals surface area (Å²) >= 11 is 0. The van der Waals surface area contributed by atoms with Crippen molar-refractivity contribution in [3.8, 4) is 0 Å². The van der Waals surface area contributed by atoms with E-state index in [0.29, 0.717) is 0 Å². The smallest absolute Gasteiger partial charge is 0.0537 e. The van der Waals surface area contributed by atoms with Gasteiger partial charge in [-0.05, 0) is 19.3 Å². The molecule has 1 heterocycles. The molecule has 0 amide bonds. The molecule has 0 radical (unpaired) electrons. The maximum Gasteiger partial charge on any atom is 0.0537 e. The van der Waals surface area contributed by atoms with E-state index in [1.165, 1.54) is 19.3 Å². The largest absolute Gasteiger partial charge is 0.324 e. The molecule has 3 heteroatoms. The summed E-state index contributed by atoms with van der Waals surface area (Å²) in [5.41, 5.74) is 6.88. The van der Waals surface area contributed by atoms with E-state index >= 15 is 0 Å². The Morgan fingerprint density at radius 2 is 2.46 bits per heavy atom. The second-order valence-corrected chi connectivity index (χ2v) is 4.06. The molecule has 1 fully saturated rings. The summed E-state index contributed by atoms with van der Waals surface area (Å²) in [6.07, 6.45) is 8.05. The molecule has 1 aliphatic rings. The lowest BCUT2D eigenvalue weighted by Crippen LogP contribution is -2.04. The predicted octanol–water partition coefficient (Wildman–Crippen LogP) is 1.70. The van der Waals surface area contributed by atoms with Gasteiger partial charge in [-0.25, -0.2) is 0 Å². The van der Waals surface area contributed by atoms with E-state index in [0.717, 1.165) is 18.0 Å². The quantitative estimate of drug-likeness (QED) is 0.764. The molecule has 1 atom stereocenters. The van der Waals surface area contributed by atoms with Crippen molar-refractivity contribution in [2.24, 2.45) is 11.7 Å². The van der Waals surface area contributed by atoms with Gasteiger partial charge in [0, 0.05) is 24.3 Å². The molecule has 13 heavy (non-hydrogen) atoms. The van der Waals surface area contributed by atoms with Crippen LogP contribution in [0.5, 0.6) is 0 Å². The maximum atomic E-state index is 5.74. The second-order valence-electron chi connectivity index (χ2n) is 4.06. The monoisotopic (exact) mass is 179 g/mol. The van der Waals surface area contributed by atoms with E-state index in [2.05, 4.69) is 11.3 Å². The highest BCUT2D eigenvalue weighted by molar-refractivity contribution is 5.08. The van der Waals surface area contributed by atoms with E-state index in [1.807, 2.05) is 17.8 Å². The Bertz CT molecular complexity index is 273. The number of hydrogen-bond acceptors (Lipinski definition) is 2. The van der Waals surface area contributed by atoms with Crippen molar-refractivity contribution in [2.45, 2.75) is 38.8 Å². The van der Waals surface area contributed by atoms with Gasteiger partial charge in [-0.3, -0.25) is 4.68 Å². The lowest BCUT2D eigenvalue weighted by molar-refractivity contribution is 0.546. The van der Waals surface area contributed by atoms with Crippen molar-refractivity contribution in [3.63, 3.8) is 0 Å². The van der Waals surface area contributed by atoms with Crippen molar-refractivity contribution >= 4 is 0 Å². The molecule has 1 saturated carbocycles. The number of aromatic nitrogens is 2. The zero-order valence-electron chi connectivity index (χ0n) is 8.11. The third kappa shape index (κ3) is 2.31. The molecular weight excluding hydrogens is 162 g/mol. The van der Waals surface area contributed by atoms with Crippen molar-refractivity contribution in [2.75, 3.05) is 0 Å². The highest BCUT2D eigenvalue weighted by Crippen LogP contribution is 2.32. The van der Waals surface area contributed by atoms with Crippen molar-refractivity contribution in [1.82, 2.24) is 9.78 Å². The Morgan fingerprint density at radius 1 is 1.69 bits per heavy atom. The van der Waals surface area contributed by atoms with Crippen molar-refractivity contribution < 1.29 is 0 Å². The average molecular weight is 179 g/mol.